The van der Waals surface area contributed by atoms with Crippen molar-refractivity contribution >= 4 is 59.1 Å². The second-order valence-corrected chi connectivity index (χ2v) is 9.47. The number of hydrogen-bond acceptors (Lipinski definition) is 2. The number of hydrogen-bond donors (Lipinski definition) is 1. The van der Waals surface area contributed by atoms with Gasteiger partial charge in [-0.15, -0.1) is 0 Å². The first-order valence-corrected chi connectivity index (χ1v) is 9.69. The van der Waals surface area contributed by atoms with E-state index in [1.807, 2.05) is 4.01 Å². The molecule has 1 heterocycles. The molecule has 0 aliphatic carbocycles. The zero-order valence-corrected chi connectivity index (χ0v) is 12.3. The molecule has 0 radical (unpaired) electrons. The van der Waals surface area contributed by atoms with Crippen LogP contribution >= 0.6 is 41.5 Å². The first-order valence-electron chi connectivity index (χ1n) is 3.44. The van der Waals surface area contributed by atoms with Crippen LogP contribution in [0.4, 0.5) is 0 Å². The van der Waals surface area contributed by atoms with Crippen molar-refractivity contribution in [2.75, 3.05) is 0 Å². The SMILES string of the molecule is CC(C)(C1=IC=CI=C1)S(=O)(=O)O. The first-order chi connectivity index (χ1) is 5.86. The molecule has 0 saturated carbocycles. The van der Waals surface area contributed by atoms with E-state index in [1.165, 1.54) is 0 Å². The predicted octanol–water partition coefficient (Wildman–Crippen LogP) is 2.05. The van der Waals surface area contributed by atoms with E-state index in [4.69, 9.17) is 4.55 Å². The lowest BCUT2D eigenvalue weighted by molar-refractivity contribution is 0.465. The van der Waals surface area contributed by atoms with Crippen molar-refractivity contribution in [1.82, 2.24) is 0 Å². The van der Waals surface area contributed by atoms with Crippen LogP contribution in [0.1, 0.15) is 13.8 Å². The molecule has 0 saturated heterocycles. The van der Waals surface area contributed by atoms with Gasteiger partial charge in [0.05, 0.1) is 0 Å². The molecule has 0 unspecified atom stereocenters. The third-order valence-corrected chi connectivity index (χ3v) is 10.9. The van der Waals surface area contributed by atoms with Crippen LogP contribution in [-0.4, -0.2) is 25.2 Å². The van der Waals surface area contributed by atoms with Gasteiger partial charge in [0.15, 0.2) is 0 Å². The molecule has 0 fully saturated rings. The van der Waals surface area contributed by atoms with E-state index < -0.39 is 14.9 Å². The maximum absolute atomic E-state index is 11.1. The van der Waals surface area contributed by atoms with E-state index in [0.29, 0.717) is 0 Å². The highest BCUT2D eigenvalue weighted by molar-refractivity contribution is 14.2. The molecule has 0 aromatic heterocycles. The molecule has 1 N–H and O–H groups in total. The molecule has 76 valence electrons. The van der Waals surface area contributed by atoms with Crippen LogP contribution in [0.2, 0.25) is 0 Å². The van der Waals surface area contributed by atoms with Crippen LogP contribution in [0.15, 0.2) is 8.17 Å². The fourth-order valence-corrected chi connectivity index (χ4v) is 8.93. The van der Waals surface area contributed by atoms with E-state index in [-0.39, 0.29) is 41.5 Å². The third-order valence-electron chi connectivity index (χ3n) is 1.68. The average molecular weight is 428 g/mol. The Kier molecular flexibility index (Phi) is 3.81. The minimum absolute atomic E-state index is 0.130. The van der Waals surface area contributed by atoms with Gasteiger partial charge < -0.3 is 0 Å². The van der Waals surface area contributed by atoms with Crippen molar-refractivity contribution in [2.24, 2.45) is 0 Å². The molecule has 0 atom stereocenters. The molecule has 0 aromatic rings. The molecule has 0 spiro atoms. The van der Waals surface area contributed by atoms with Crippen LogP contribution in [0.3, 0.4) is 0 Å². The average Bonchev–Trinajstić information content (AvgIpc) is 2.04. The summed E-state index contributed by atoms with van der Waals surface area (Å²) >= 11 is -0.468. The molecule has 0 amide bonds. The van der Waals surface area contributed by atoms with Crippen molar-refractivity contribution in [3.8, 4) is 0 Å². The van der Waals surface area contributed by atoms with E-state index in [2.05, 4.69) is 8.17 Å². The summed E-state index contributed by atoms with van der Waals surface area (Å²) in [5, 5.41) is 0. The van der Waals surface area contributed by atoms with Gasteiger partial charge in [-0.25, -0.2) is 0 Å². The standard InChI is InChI=1S/C7H10I2O3S/c1-7(2,13(10,11)12)6-5-8-3-4-9-6/h3-5H,1-2H3,(H,10,11,12). The Bertz CT molecular complexity index is 390. The molecule has 3 nitrogen and oxygen atoms in total. The quantitative estimate of drug-likeness (QED) is 0.542. The summed E-state index contributed by atoms with van der Waals surface area (Å²) in [5.41, 5.74) is 0. The highest BCUT2D eigenvalue weighted by Gasteiger charge is 2.36. The monoisotopic (exact) mass is 428 g/mol. The predicted molar refractivity (Wildman–Crippen MR) is 73.9 cm³/mol. The Balaban J connectivity index is 3.15. The lowest BCUT2D eigenvalue weighted by atomic mass is 10.1. The Hall–Kier alpha value is 0.850. The van der Waals surface area contributed by atoms with Crippen molar-refractivity contribution < 1.29 is 13.0 Å². The Morgan fingerprint density at radius 2 is 2.00 bits per heavy atom. The second-order valence-electron chi connectivity index (χ2n) is 2.93. The first kappa shape index (κ1) is 11.9. The van der Waals surface area contributed by atoms with Crippen molar-refractivity contribution in [2.45, 2.75) is 18.6 Å². The zero-order valence-electron chi connectivity index (χ0n) is 7.16. The minimum atomic E-state index is -3.96. The largest absolute Gasteiger partial charge is 0.285 e. The van der Waals surface area contributed by atoms with E-state index in [9.17, 15) is 8.42 Å². The lowest BCUT2D eigenvalue weighted by Gasteiger charge is -2.21. The normalized spacial score (nSPS) is 18.5. The fourth-order valence-electron chi connectivity index (χ4n) is 0.621. The van der Waals surface area contributed by atoms with Crippen LogP contribution in [0.25, 0.3) is 0 Å². The summed E-state index contributed by atoms with van der Waals surface area (Å²) in [6.45, 7) is 3.13. The van der Waals surface area contributed by atoms with Crippen molar-refractivity contribution in [3.05, 3.63) is 8.17 Å². The van der Waals surface area contributed by atoms with Crippen LogP contribution in [-0.2, 0) is 10.1 Å². The van der Waals surface area contributed by atoms with Gasteiger partial charge in [0, 0.05) is 3.51 Å². The highest BCUT2D eigenvalue weighted by Crippen LogP contribution is 2.26. The Labute approximate surface area is 97.9 Å². The zero-order chi connectivity index (χ0) is 10.1. The summed E-state index contributed by atoms with van der Waals surface area (Å²) in [5.74, 6) is 0. The number of rotatable bonds is 2. The van der Waals surface area contributed by atoms with E-state index >= 15 is 0 Å². The van der Waals surface area contributed by atoms with Crippen LogP contribution in [0, 0.1) is 0 Å². The van der Waals surface area contributed by atoms with Gasteiger partial charge in [0.1, 0.15) is 4.75 Å². The smallest absolute Gasteiger partial charge is 0.274 e. The van der Waals surface area contributed by atoms with Gasteiger partial charge >= 0.3 is 0 Å². The molecule has 6 heteroatoms. The third kappa shape index (κ3) is 2.66. The Morgan fingerprint density at radius 3 is 2.38 bits per heavy atom. The highest BCUT2D eigenvalue weighted by atomic mass is 127. The van der Waals surface area contributed by atoms with Gasteiger partial charge in [-0.05, 0) is 26.0 Å². The summed E-state index contributed by atoms with van der Waals surface area (Å²) in [6.07, 6.45) is 0. The molecule has 0 bridgehead atoms. The second kappa shape index (κ2) is 4.15. The fraction of sp³-hybridized carbons (Fsp3) is 0.429. The van der Waals surface area contributed by atoms with Crippen molar-refractivity contribution in [3.63, 3.8) is 0 Å². The summed E-state index contributed by atoms with van der Waals surface area (Å²) in [7, 11) is -3.96. The maximum Gasteiger partial charge on any atom is 0.274 e. The van der Waals surface area contributed by atoms with Crippen molar-refractivity contribution in [1.29, 1.82) is 0 Å². The maximum atomic E-state index is 11.1. The van der Waals surface area contributed by atoms with Crippen LogP contribution < -0.4 is 0 Å². The van der Waals surface area contributed by atoms with E-state index in [0.717, 1.165) is 3.51 Å². The van der Waals surface area contributed by atoms with Gasteiger partial charge in [-0.2, -0.15) is 8.42 Å². The topological polar surface area (TPSA) is 54.4 Å². The van der Waals surface area contributed by atoms with Gasteiger partial charge in [0.2, 0.25) is 0 Å². The summed E-state index contributed by atoms with van der Waals surface area (Å²) in [6, 6.07) is 0. The molecule has 1 rings (SSSR count). The molecule has 1 aliphatic rings. The summed E-state index contributed by atoms with van der Waals surface area (Å²) < 4.78 is 37.2. The molecular formula is C7H10I2O3S. The van der Waals surface area contributed by atoms with E-state index in [1.54, 1.807) is 13.8 Å². The molecule has 0 aromatic carbocycles. The number of halogens is 2. The van der Waals surface area contributed by atoms with Gasteiger partial charge in [-0.1, -0.05) is 41.5 Å². The molecule has 13 heavy (non-hydrogen) atoms. The lowest BCUT2D eigenvalue weighted by Crippen LogP contribution is -2.39. The molecule has 1 aliphatic heterocycles. The minimum Gasteiger partial charge on any atom is -0.285 e. The summed E-state index contributed by atoms with van der Waals surface area (Å²) in [4.78, 5) is 0. The van der Waals surface area contributed by atoms with Crippen LogP contribution in [0.5, 0.6) is 0 Å². The Morgan fingerprint density at radius 1 is 1.38 bits per heavy atom. The molecular weight excluding hydrogens is 418 g/mol. The van der Waals surface area contributed by atoms with Gasteiger partial charge in [-0.3, -0.25) is 4.55 Å². The van der Waals surface area contributed by atoms with Gasteiger partial charge in [0.25, 0.3) is 10.1 Å².